The molecule has 1 saturated heterocycles. The molecule has 1 atom stereocenters. The predicted molar refractivity (Wildman–Crippen MR) is 162 cm³/mol. The fourth-order valence-electron chi connectivity index (χ4n) is 5.25. The van der Waals surface area contributed by atoms with Crippen LogP contribution in [0.2, 0.25) is 0 Å². The van der Waals surface area contributed by atoms with E-state index in [0.29, 0.717) is 35.9 Å². The number of benzene rings is 3. The molecule has 3 heterocycles. The highest BCUT2D eigenvalue weighted by atomic mass is 32.1. The third-order valence-corrected chi connectivity index (χ3v) is 8.49. The Kier molecular flexibility index (Phi) is 7.24. The molecule has 1 unspecified atom stereocenters. The first-order chi connectivity index (χ1) is 19.9. The first kappa shape index (κ1) is 26.7. The third kappa shape index (κ3) is 5.30. The second-order valence-corrected chi connectivity index (χ2v) is 11.3. The van der Waals surface area contributed by atoms with Gasteiger partial charge in [0.2, 0.25) is 5.13 Å². The van der Waals surface area contributed by atoms with Gasteiger partial charge in [0.15, 0.2) is 0 Å². The molecule has 1 aliphatic heterocycles. The minimum absolute atomic E-state index is 0.00267. The first-order valence-electron chi connectivity index (χ1n) is 13.7. The van der Waals surface area contributed by atoms with Crippen LogP contribution in [0, 0.1) is 13.8 Å². The molecule has 3 aromatic carbocycles. The van der Waals surface area contributed by atoms with Crippen LogP contribution in [0.25, 0.3) is 27.5 Å². The second kappa shape index (κ2) is 11.1. The molecule has 206 valence electrons. The molecule has 0 spiro atoms. The van der Waals surface area contributed by atoms with E-state index in [9.17, 15) is 9.59 Å². The molecule has 2 amide bonds. The quantitative estimate of drug-likeness (QED) is 0.254. The summed E-state index contributed by atoms with van der Waals surface area (Å²) in [6.07, 6.45) is 1.63. The largest absolute Gasteiger partial charge is 0.335 e. The van der Waals surface area contributed by atoms with Crippen molar-refractivity contribution >= 4 is 23.2 Å². The Balaban J connectivity index is 1.14. The number of hydrogen-bond acceptors (Lipinski definition) is 5. The molecule has 0 N–H and O–H groups in total. The van der Waals surface area contributed by atoms with Crippen LogP contribution < -0.4 is 0 Å². The van der Waals surface area contributed by atoms with Gasteiger partial charge in [-0.3, -0.25) is 9.59 Å². The van der Waals surface area contributed by atoms with E-state index >= 15 is 0 Å². The zero-order chi connectivity index (χ0) is 28.5. The Hall–Kier alpha value is -4.56. The maximum absolute atomic E-state index is 13.5. The molecule has 1 aliphatic rings. The highest BCUT2D eigenvalue weighted by Crippen LogP contribution is 2.28. The van der Waals surface area contributed by atoms with E-state index < -0.39 is 0 Å². The van der Waals surface area contributed by atoms with Gasteiger partial charge in [-0.1, -0.05) is 72.3 Å². The Bertz CT molecular complexity index is 1690. The normalized spacial score (nSPS) is 15.2. The van der Waals surface area contributed by atoms with Gasteiger partial charge in [-0.05, 0) is 44.0 Å². The van der Waals surface area contributed by atoms with Crippen molar-refractivity contribution in [1.29, 1.82) is 0 Å². The average Bonchev–Trinajstić information content (AvgIpc) is 3.64. The van der Waals surface area contributed by atoms with Crippen molar-refractivity contribution in [2.24, 2.45) is 0 Å². The number of thiazole rings is 1. The Morgan fingerprint density at radius 3 is 2.22 bits per heavy atom. The van der Waals surface area contributed by atoms with Gasteiger partial charge in [0.25, 0.3) is 11.8 Å². The van der Waals surface area contributed by atoms with Crippen LogP contribution in [0.1, 0.15) is 38.9 Å². The maximum Gasteiger partial charge on any atom is 0.257 e. The van der Waals surface area contributed by atoms with Crippen molar-refractivity contribution < 1.29 is 9.59 Å². The van der Waals surface area contributed by atoms with Crippen molar-refractivity contribution in [3.8, 4) is 27.5 Å². The Morgan fingerprint density at radius 2 is 1.51 bits per heavy atom. The molecule has 5 aromatic rings. The summed E-state index contributed by atoms with van der Waals surface area (Å²) in [5.41, 5.74) is 7.33. The number of nitrogens with zero attached hydrogens (tertiary/aromatic N) is 5. The Morgan fingerprint density at radius 1 is 0.829 bits per heavy atom. The first-order valence-corrected chi connectivity index (χ1v) is 14.6. The lowest BCUT2D eigenvalue weighted by atomic mass is 10.0. The van der Waals surface area contributed by atoms with Crippen molar-refractivity contribution in [3.63, 3.8) is 0 Å². The molecular weight excluding hydrogens is 530 g/mol. The van der Waals surface area contributed by atoms with Crippen molar-refractivity contribution in [2.75, 3.05) is 19.6 Å². The van der Waals surface area contributed by atoms with Crippen LogP contribution in [0.4, 0.5) is 0 Å². The van der Waals surface area contributed by atoms with Gasteiger partial charge in [-0.2, -0.15) is 5.10 Å². The van der Waals surface area contributed by atoms with Gasteiger partial charge < -0.3 is 9.80 Å². The van der Waals surface area contributed by atoms with Crippen LogP contribution in [0.15, 0.2) is 90.4 Å². The molecule has 0 bridgehead atoms. The summed E-state index contributed by atoms with van der Waals surface area (Å²) in [5.74, 6) is -0.0702. The standard InChI is InChI=1S/C33H31N5O2S/c1-22-9-11-28(12-10-22)31(39)37-18-17-36(20-23(37)2)32(40)29-19-34-38(24(29)3)33-35-30(21-41-33)27-15-13-26(14-16-27)25-7-5-4-6-8-25/h4-16,19,21,23H,17-18,20H2,1-3H3. The molecule has 0 aliphatic carbocycles. The SMILES string of the molecule is Cc1ccc(C(=O)N2CCN(C(=O)c3cnn(-c4nc(-c5ccc(-c6ccccc6)cc5)cs4)c3C)CC2C)cc1. The van der Waals surface area contributed by atoms with Gasteiger partial charge in [0.1, 0.15) is 0 Å². The third-order valence-electron chi connectivity index (χ3n) is 7.68. The van der Waals surface area contributed by atoms with E-state index in [1.807, 2.05) is 78.4 Å². The summed E-state index contributed by atoms with van der Waals surface area (Å²) in [6, 6.07) is 26.2. The van der Waals surface area contributed by atoms with Gasteiger partial charge >= 0.3 is 0 Å². The van der Waals surface area contributed by atoms with Crippen molar-refractivity contribution in [3.05, 3.63) is 113 Å². The lowest BCUT2D eigenvalue weighted by molar-refractivity contribution is 0.0414. The maximum atomic E-state index is 13.5. The number of hydrogen-bond donors (Lipinski definition) is 0. The molecule has 0 saturated carbocycles. The highest BCUT2D eigenvalue weighted by molar-refractivity contribution is 7.12. The number of aromatic nitrogens is 3. The van der Waals surface area contributed by atoms with Crippen LogP contribution in [-0.4, -0.2) is 62.1 Å². The molecule has 7 nitrogen and oxygen atoms in total. The number of aryl methyl sites for hydroxylation is 1. The topological polar surface area (TPSA) is 71.3 Å². The van der Waals surface area contributed by atoms with Crippen LogP contribution in [-0.2, 0) is 0 Å². The van der Waals surface area contributed by atoms with Crippen LogP contribution >= 0.6 is 11.3 Å². The van der Waals surface area contributed by atoms with Gasteiger partial charge in [0.05, 0.1) is 23.1 Å². The Labute approximate surface area is 243 Å². The highest BCUT2D eigenvalue weighted by Gasteiger charge is 2.32. The minimum atomic E-state index is -0.0911. The van der Waals surface area contributed by atoms with E-state index in [-0.39, 0.29) is 17.9 Å². The summed E-state index contributed by atoms with van der Waals surface area (Å²) in [4.78, 5) is 35.1. The molecular formula is C33H31N5O2S. The fourth-order valence-corrected chi connectivity index (χ4v) is 6.09. The summed E-state index contributed by atoms with van der Waals surface area (Å²) >= 11 is 1.50. The molecule has 1 fully saturated rings. The molecule has 0 radical (unpaired) electrons. The van der Waals surface area contributed by atoms with E-state index in [4.69, 9.17) is 4.98 Å². The second-order valence-electron chi connectivity index (χ2n) is 10.5. The number of carbonyl (C=O) groups is 2. The number of piperazine rings is 1. The number of amides is 2. The summed E-state index contributed by atoms with van der Waals surface area (Å²) in [6.45, 7) is 7.34. The van der Waals surface area contributed by atoms with E-state index in [1.54, 1.807) is 10.9 Å². The minimum Gasteiger partial charge on any atom is -0.335 e. The fraction of sp³-hybridized carbons (Fsp3) is 0.212. The lowest BCUT2D eigenvalue weighted by Crippen LogP contribution is -2.55. The van der Waals surface area contributed by atoms with Crippen molar-refractivity contribution in [1.82, 2.24) is 24.6 Å². The molecule has 2 aromatic heterocycles. The number of carbonyl (C=O) groups excluding carboxylic acids is 2. The van der Waals surface area contributed by atoms with Gasteiger partial charge in [0, 0.05) is 42.2 Å². The van der Waals surface area contributed by atoms with Crippen LogP contribution in [0.5, 0.6) is 0 Å². The van der Waals surface area contributed by atoms with Gasteiger partial charge in [-0.15, -0.1) is 11.3 Å². The van der Waals surface area contributed by atoms with E-state index in [0.717, 1.165) is 28.1 Å². The zero-order valence-electron chi connectivity index (χ0n) is 23.3. The molecule has 6 rings (SSSR count). The smallest absolute Gasteiger partial charge is 0.257 e. The van der Waals surface area contributed by atoms with E-state index in [1.165, 1.54) is 16.9 Å². The summed E-state index contributed by atoms with van der Waals surface area (Å²) < 4.78 is 1.74. The number of rotatable bonds is 5. The lowest BCUT2D eigenvalue weighted by Gasteiger charge is -2.40. The monoisotopic (exact) mass is 561 g/mol. The van der Waals surface area contributed by atoms with Crippen molar-refractivity contribution in [2.45, 2.75) is 26.8 Å². The summed E-state index contributed by atoms with van der Waals surface area (Å²) in [5, 5.41) is 7.25. The predicted octanol–water partition coefficient (Wildman–Crippen LogP) is 6.27. The average molecular weight is 562 g/mol. The summed E-state index contributed by atoms with van der Waals surface area (Å²) in [7, 11) is 0. The molecule has 41 heavy (non-hydrogen) atoms. The van der Waals surface area contributed by atoms with Crippen LogP contribution in [0.3, 0.4) is 0 Å². The zero-order valence-corrected chi connectivity index (χ0v) is 24.1. The molecule has 8 heteroatoms. The van der Waals surface area contributed by atoms with E-state index in [2.05, 4.69) is 41.5 Å². The van der Waals surface area contributed by atoms with Gasteiger partial charge in [-0.25, -0.2) is 9.67 Å².